The van der Waals surface area contributed by atoms with Crippen molar-refractivity contribution in [3.05, 3.63) is 34.3 Å². The van der Waals surface area contributed by atoms with Crippen LogP contribution >= 0.6 is 11.3 Å². The molecule has 0 bridgehead atoms. The Morgan fingerprint density at radius 2 is 0.780 bits per heavy atom. The average Bonchev–Trinajstić information content (AvgIpc) is 3.64. The van der Waals surface area contributed by atoms with Gasteiger partial charge in [0.25, 0.3) is 0 Å². The standard InChI is InChI=1S/C48H82N2O8S/c1-5-7-9-11-13-15-17-19-21-23-25-27-29-31-33-35-47(53)55-39-43(57-41(3)51)37-45-49-50-46(59-45)38-44(58-42(4)52)40-56-48(54)36-34-32-30-28-26-24-22-20-18-16-14-12-10-8-6-2/h19-22,43-44H,5-18,23-40H2,1-4H3/b21-19-,22-20-. The number of esters is 4. The molecule has 0 aliphatic carbocycles. The third-order valence-electron chi connectivity index (χ3n) is 10.1. The Hall–Kier alpha value is -3.08. The maximum absolute atomic E-state index is 12.4. The summed E-state index contributed by atoms with van der Waals surface area (Å²) in [6.07, 6.45) is 39.9. The van der Waals surface area contributed by atoms with Gasteiger partial charge < -0.3 is 18.9 Å². The van der Waals surface area contributed by atoms with Gasteiger partial charge in [-0.25, -0.2) is 0 Å². The smallest absolute Gasteiger partial charge is 0.305 e. The van der Waals surface area contributed by atoms with Gasteiger partial charge in [-0.2, -0.15) is 0 Å². The maximum Gasteiger partial charge on any atom is 0.305 e. The molecule has 0 aliphatic rings. The molecule has 0 fully saturated rings. The van der Waals surface area contributed by atoms with E-state index in [1.54, 1.807) is 0 Å². The molecular formula is C48H82N2O8S. The van der Waals surface area contributed by atoms with Crippen LogP contribution in [0.15, 0.2) is 24.3 Å². The van der Waals surface area contributed by atoms with Crippen LogP contribution in [0, 0.1) is 0 Å². The van der Waals surface area contributed by atoms with E-state index in [2.05, 4.69) is 48.3 Å². The van der Waals surface area contributed by atoms with Gasteiger partial charge in [-0.1, -0.05) is 141 Å². The van der Waals surface area contributed by atoms with Crippen molar-refractivity contribution in [2.45, 2.75) is 233 Å². The Labute approximate surface area is 362 Å². The Bertz CT molecular complexity index is 1170. The highest BCUT2D eigenvalue weighted by Crippen LogP contribution is 2.18. The van der Waals surface area contributed by atoms with E-state index in [9.17, 15) is 19.2 Å². The molecule has 11 heteroatoms. The third-order valence-corrected chi connectivity index (χ3v) is 11.1. The van der Waals surface area contributed by atoms with Crippen LogP contribution in [0.4, 0.5) is 0 Å². The molecule has 2 unspecified atom stereocenters. The van der Waals surface area contributed by atoms with Crippen molar-refractivity contribution in [2.75, 3.05) is 13.2 Å². The van der Waals surface area contributed by atoms with Crippen LogP contribution in [0.2, 0.25) is 0 Å². The first-order valence-corrected chi connectivity index (χ1v) is 24.3. The molecule has 0 spiro atoms. The first kappa shape index (κ1) is 53.9. The van der Waals surface area contributed by atoms with Gasteiger partial charge >= 0.3 is 23.9 Å². The van der Waals surface area contributed by atoms with Crippen LogP contribution in [0.5, 0.6) is 0 Å². The summed E-state index contributed by atoms with van der Waals surface area (Å²) >= 11 is 1.28. The summed E-state index contributed by atoms with van der Waals surface area (Å²) in [5, 5.41) is 9.62. The van der Waals surface area contributed by atoms with Crippen LogP contribution in [0.1, 0.15) is 217 Å². The maximum atomic E-state index is 12.4. The van der Waals surface area contributed by atoms with Gasteiger partial charge in [0, 0.05) is 39.5 Å². The van der Waals surface area contributed by atoms with Crippen molar-refractivity contribution >= 4 is 35.2 Å². The lowest BCUT2D eigenvalue weighted by molar-refractivity contribution is -0.157. The van der Waals surface area contributed by atoms with Crippen LogP contribution in [-0.2, 0) is 51.0 Å². The Morgan fingerprint density at radius 3 is 1.10 bits per heavy atom. The molecule has 2 atom stereocenters. The van der Waals surface area contributed by atoms with Crippen molar-refractivity contribution in [3.8, 4) is 0 Å². The van der Waals surface area contributed by atoms with Gasteiger partial charge in [0.1, 0.15) is 35.4 Å². The van der Waals surface area contributed by atoms with E-state index >= 15 is 0 Å². The molecule has 1 aromatic rings. The average molecular weight is 847 g/mol. The van der Waals surface area contributed by atoms with Crippen molar-refractivity contribution in [3.63, 3.8) is 0 Å². The number of hydrogen-bond acceptors (Lipinski definition) is 11. The molecule has 1 heterocycles. The second-order valence-electron chi connectivity index (χ2n) is 16.0. The van der Waals surface area contributed by atoms with Crippen molar-refractivity contribution in [1.29, 1.82) is 0 Å². The number of ether oxygens (including phenoxy) is 4. The lowest BCUT2D eigenvalue weighted by atomic mass is 10.1. The fourth-order valence-electron chi connectivity index (χ4n) is 6.78. The predicted molar refractivity (Wildman–Crippen MR) is 239 cm³/mol. The van der Waals surface area contributed by atoms with Crippen LogP contribution in [-0.4, -0.2) is 59.5 Å². The fourth-order valence-corrected chi connectivity index (χ4v) is 7.75. The van der Waals surface area contributed by atoms with Crippen LogP contribution < -0.4 is 0 Å². The zero-order chi connectivity index (χ0) is 43.0. The van der Waals surface area contributed by atoms with Gasteiger partial charge in [-0.3, -0.25) is 19.2 Å². The summed E-state index contributed by atoms with van der Waals surface area (Å²) in [5.41, 5.74) is 0. The molecule has 0 amide bonds. The number of nitrogens with zero attached hydrogens (tertiary/aromatic N) is 2. The SMILES string of the molecule is CCCCCCCC/C=C\CCCCCCCC(=O)OCC(Cc1nnc(CC(COC(=O)CCCCCCC/C=C\CCCCCCCC)OC(C)=O)s1)OC(C)=O. The highest BCUT2D eigenvalue weighted by atomic mass is 32.1. The van der Waals surface area contributed by atoms with E-state index in [1.165, 1.54) is 128 Å². The zero-order valence-corrected chi connectivity index (χ0v) is 38.5. The molecule has 0 aromatic carbocycles. The Balaban J connectivity index is 2.29. The summed E-state index contributed by atoms with van der Waals surface area (Å²) in [6, 6.07) is 0. The molecule has 0 saturated heterocycles. The predicted octanol–water partition coefficient (Wildman–Crippen LogP) is 12.6. The lowest BCUT2D eigenvalue weighted by Crippen LogP contribution is -2.26. The summed E-state index contributed by atoms with van der Waals surface area (Å²) in [7, 11) is 0. The highest BCUT2D eigenvalue weighted by molar-refractivity contribution is 7.11. The highest BCUT2D eigenvalue weighted by Gasteiger charge is 2.22. The fraction of sp³-hybridized carbons (Fsp3) is 0.792. The molecule has 0 saturated carbocycles. The number of rotatable bonds is 40. The monoisotopic (exact) mass is 847 g/mol. The number of carbonyl (C=O) groups excluding carboxylic acids is 4. The van der Waals surface area contributed by atoms with Gasteiger partial charge in [0.05, 0.1) is 0 Å². The second-order valence-corrected chi connectivity index (χ2v) is 17.1. The summed E-state index contributed by atoms with van der Waals surface area (Å²) in [6.45, 7) is 6.99. The molecule has 338 valence electrons. The minimum Gasteiger partial charge on any atom is -0.462 e. The quantitative estimate of drug-likeness (QED) is 0.0272. The van der Waals surface area contributed by atoms with E-state index in [0.717, 1.165) is 64.2 Å². The van der Waals surface area contributed by atoms with Crippen molar-refractivity contribution in [1.82, 2.24) is 10.2 Å². The molecule has 0 aliphatic heterocycles. The Morgan fingerprint density at radius 1 is 0.475 bits per heavy atom. The van der Waals surface area contributed by atoms with E-state index < -0.39 is 24.1 Å². The van der Waals surface area contributed by atoms with Gasteiger partial charge in [-0.05, 0) is 64.2 Å². The molecule has 59 heavy (non-hydrogen) atoms. The van der Waals surface area contributed by atoms with Gasteiger partial charge in [-0.15, -0.1) is 21.5 Å². The third kappa shape index (κ3) is 35.4. The first-order chi connectivity index (χ1) is 28.7. The topological polar surface area (TPSA) is 131 Å². The Kier molecular flexibility index (Phi) is 35.7. The van der Waals surface area contributed by atoms with Crippen LogP contribution in [0.25, 0.3) is 0 Å². The number of aromatic nitrogens is 2. The van der Waals surface area contributed by atoms with E-state index in [1.807, 2.05) is 0 Å². The molecule has 10 nitrogen and oxygen atoms in total. The number of carbonyl (C=O) groups is 4. The largest absolute Gasteiger partial charge is 0.462 e. The first-order valence-electron chi connectivity index (χ1n) is 23.5. The summed E-state index contributed by atoms with van der Waals surface area (Å²) in [4.78, 5) is 48.5. The van der Waals surface area contributed by atoms with E-state index in [0.29, 0.717) is 22.9 Å². The molecule has 0 N–H and O–H groups in total. The normalized spacial score (nSPS) is 12.5. The minimum absolute atomic E-state index is 0.0683. The zero-order valence-electron chi connectivity index (χ0n) is 37.7. The number of hydrogen-bond donors (Lipinski definition) is 0. The van der Waals surface area contributed by atoms with Crippen molar-refractivity contribution in [2.24, 2.45) is 0 Å². The van der Waals surface area contributed by atoms with E-state index in [-0.39, 0.29) is 38.0 Å². The minimum atomic E-state index is -0.701. The lowest BCUT2D eigenvalue weighted by Gasteiger charge is -2.16. The van der Waals surface area contributed by atoms with Gasteiger partial charge in [0.15, 0.2) is 0 Å². The van der Waals surface area contributed by atoms with E-state index in [4.69, 9.17) is 18.9 Å². The molecule has 1 aromatic heterocycles. The summed E-state index contributed by atoms with van der Waals surface area (Å²) in [5.74, 6) is -1.58. The molecule has 1 rings (SSSR count). The number of allylic oxidation sites excluding steroid dienone is 4. The summed E-state index contributed by atoms with van der Waals surface area (Å²) < 4.78 is 21.8. The number of unbranched alkanes of at least 4 members (excludes halogenated alkanes) is 22. The molecule has 0 radical (unpaired) electrons. The second kappa shape index (κ2) is 39.1. The van der Waals surface area contributed by atoms with Crippen LogP contribution in [0.3, 0.4) is 0 Å². The molecular weight excluding hydrogens is 765 g/mol. The van der Waals surface area contributed by atoms with Crippen molar-refractivity contribution < 1.29 is 38.1 Å². The van der Waals surface area contributed by atoms with Gasteiger partial charge in [0.2, 0.25) is 0 Å².